The predicted molar refractivity (Wildman–Crippen MR) is 113 cm³/mol. The van der Waals surface area contributed by atoms with Crippen LogP contribution in [0.2, 0.25) is 0 Å². The zero-order valence-corrected chi connectivity index (χ0v) is 17.2. The number of pyridine rings is 1. The molecule has 2 amide bonds. The number of nitrogens with one attached hydrogen (secondary N) is 2. The van der Waals surface area contributed by atoms with E-state index in [4.69, 9.17) is 4.74 Å². The maximum Gasteiger partial charge on any atom is 0.238 e. The summed E-state index contributed by atoms with van der Waals surface area (Å²) in [6, 6.07) is 9.42. The third-order valence-electron chi connectivity index (χ3n) is 5.12. The fourth-order valence-electron chi connectivity index (χ4n) is 3.44. The molecule has 1 aliphatic heterocycles. The van der Waals surface area contributed by atoms with Crippen LogP contribution in [0.5, 0.6) is 5.75 Å². The molecule has 29 heavy (non-hydrogen) atoms. The van der Waals surface area contributed by atoms with Gasteiger partial charge in [0.1, 0.15) is 11.6 Å². The van der Waals surface area contributed by atoms with E-state index in [-0.39, 0.29) is 17.7 Å². The van der Waals surface area contributed by atoms with E-state index in [0.717, 1.165) is 24.0 Å². The van der Waals surface area contributed by atoms with Crippen molar-refractivity contribution in [3.8, 4) is 5.75 Å². The molecule has 1 aliphatic rings. The van der Waals surface area contributed by atoms with Crippen LogP contribution >= 0.6 is 0 Å². The molecule has 0 atom stereocenters. The standard InChI is InChI=1S/C22H28N4O3/c1-15-4-6-19(29-3)18(12-15)24-21(27)14-26-10-8-17(9-11-26)22(28)25-20-7-5-16(2)13-23-20/h4-7,12-13,17H,8-11,14H2,1-3H3,(H,24,27)(H,23,25,28). The lowest BCUT2D eigenvalue weighted by Gasteiger charge is -2.30. The fraction of sp³-hybridized carbons (Fsp3) is 0.409. The number of nitrogens with zero attached hydrogens (tertiary/aromatic N) is 2. The lowest BCUT2D eigenvalue weighted by Crippen LogP contribution is -2.41. The lowest BCUT2D eigenvalue weighted by molar-refractivity contribution is -0.121. The van der Waals surface area contributed by atoms with Crippen molar-refractivity contribution >= 4 is 23.3 Å². The van der Waals surface area contributed by atoms with Gasteiger partial charge in [0.15, 0.2) is 0 Å². The van der Waals surface area contributed by atoms with E-state index in [0.29, 0.717) is 36.9 Å². The number of amides is 2. The largest absolute Gasteiger partial charge is 0.495 e. The summed E-state index contributed by atoms with van der Waals surface area (Å²) in [7, 11) is 1.59. The van der Waals surface area contributed by atoms with Crippen LogP contribution in [0, 0.1) is 19.8 Å². The topological polar surface area (TPSA) is 83.6 Å². The molecule has 2 aromatic rings. The number of hydrogen-bond donors (Lipinski definition) is 2. The Hall–Kier alpha value is -2.93. The molecule has 154 valence electrons. The molecule has 0 spiro atoms. The molecule has 0 radical (unpaired) electrons. The van der Waals surface area contributed by atoms with E-state index >= 15 is 0 Å². The third kappa shape index (κ3) is 5.77. The Kier molecular flexibility index (Phi) is 6.82. The first kappa shape index (κ1) is 20.8. The number of hydrogen-bond acceptors (Lipinski definition) is 5. The highest BCUT2D eigenvalue weighted by Gasteiger charge is 2.26. The van der Waals surface area contributed by atoms with Gasteiger partial charge in [-0.05, 0) is 69.1 Å². The summed E-state index contributed by atoms with van der Waals surface area (Å²) in [4.78, 5) is 31.2. The molecule has 0 saturated carbocycles. The second-order valence-electron chi connectivity index (χ2n) is 7.51. The van der Waals surface area contributed by atoms with E-state index in [1.165, 1.54) is 0 Å². The first-order valence-corrected chi connectivity index (χ1v) is 9.85. The molecule has 0 aliphatic carbocycles. The van der Waals surface area contributed by atoms with E-state index in [2.05, 4.69) is 20.5 Å². The quantitative estimate of drug-likeness (QED) is 0.784. The van der Waals surface area contributed by atoms with E-state index in [1.807, 2.05) is 44.2 Å². The normalized spacial score (nSPS) is 15.0. The number of carbonyl (C=O) groups is 2. The minimum absolute atomic E-state index is 0.00467. The molecular weight excluding hydrogens is 368 g/mol. The van der Waals surface area contributed by atoms with E-state index in [9.17, 15) is 9.59 Å². The molecule has 1 saturated heterocycles. The van der Waals surface area contributed by atoms with Crippen molar-refractivity contribution in [1.82, 2.24) is 9.88 Å². The summed E-state index contributed by atoms with van der Waals surface area (Å²) in [5.41, 5.74) is 2.78. The van der Waals surface area contributed by atoms with Gasteiger partial charge in [-0.15, -0.1) is 0 Å². The number of piperidine rings is 1. The van der Waals surface area contributed by atoms with E-state index in [1.54, 1.807) is 13.3 Å². The van der Waals surface area contributed by atoms with Gasteiger partial charge in [0.25, 0.3) is 0 Å². The van der Waals surface area contributed by atoms with Gasteiger partial charge in [-0.25, -0.2) is 4.98 Å². The number of aryl methyl sites for hydroxylation is 2. The highest BCUT2D eigenvalue weighted by molar-refractivity contribution is 5.94. The van der Waals surface area contributed by atoms with Crippen molar-refractivity contribution in [2.75, 3.05) is 37.4 Å². The van der Waals surface area contributed by atoms with Crippen LogP contribution in [0.15, 0.2) is 36.5 Å². The molecule has 1 aromatic heterocycles. The average molecular weight is 396 g/mol. The van der Waals surface area contributed by atoms with Gasteiger partial charge in [-0.1, -0.05) is 12.1 Å². The van der Waals surface area contributed by atoms with Crippen LogP contribution in [-0.2, 0) is 9.59 Å². The smallest absolute Gasteiger partial charge is 0.238 e. The van der Waals surface area contributed by atoms with Gasteiger partial charge >= 0.3 is 0 Å². The number of rotatable bonds is 6. The average Bonchev–Trinajstić information content (AvgIpc) is 2.70. The van der Waals surface area contributed by atoms with Crippen LogP contribution in [0.25, 0.3) is 0 Å². The Morgan fingerprint density at radius 2 is 1.83 bits per heavy atom. The third-order valence-corrected chi connectivity index (χ3v) is 5.12. The van der Waals surface area contributed by atoms with Crippen molar-refractivity contribution in [3.63, 3.8) is 0 Å². The van der Waals surface area contributed by atoms with Crippen LogP contribution in [-0.4, -0.2) is 48.4 Å². The van der Waals surface area contributed by atoms with Gasteiger partial charge in [0.05, 0.1) is 19.3 Å². The van der Waals surface area contributed by atoms with E-state index < -0.39 is 0 Å². The zero-order chi connectivity index (χ0) is 20.8. The molecule has 7 nitrogen and oxygen atoms in total. The predicted octanol–water partition coefficient (Wildman–Crippen LogP) is 3.00. The number of aromatic nitrogens is 1. The SMILES string of the molecule is COc1ccc(C)cc1NC(=O)CN1CCC(C(=O)Nc2ccc(C)cn2)CC1. The molecule has 2 heterocycles. The van der Waals surface area contributed by atoms with Crippen molar-refractivity contribution in [3.05, 3.63) is 47.7 Å². The Bertz CT molecular complexity index is 859. The van der Waals surface area contributed by atoms with Crippen LogP contribution in [0.4, 0.5) is 11.5 Å². The monoisotopic (exact) mass is 396 g/mol. The number of carbonyl (C=O) groups excluding carboxylic acids is 2. The highest BCUT2D eigenvalue weighted by Crippen LogP contribution is 2.25. The van der Waals surface area contributed by atoms with Gasteiger partial charge in [0, 0.05) is 12.1 Å². The number of anilines is 2. The minimum atomic E-state index is -0.0827. The van der Waals surface area contributed by atoms with Crippen LogP contribution < -0.4 is 15.4 Å². The van der Waals surface area contributed by atoms with Crippen molar-refractivity contribution in [1.29, 1.82) is 0 Å². The Morgan fingerprint density at radius 1 is 1.10 bits per heavy atom. The highest BCUT2D eigenvalue weighted by atomic mass is 16.5. The minimum Gasteiger partial charge on any atom is -0.495 e. The summed E-state index contributed by atoms with van der Waals surface area (Å²) in [6.45, 7) is 5.64. The second-order valence-corrected chi connectivity index (χ2v) is 7.51. The van der Waals surface area contributed by atoms with Gasteiger partial charge in [0.2, 0.25) is 11.8 Å². The summed E-state index contributed by atoms with van der Waals surface area (Å²) >= 11 is 0. The van der Waals surface area contributed by atoms with Crippen molar-refractivity contribution in [2.45, 2.75) is 26.7 Å². The fourth-order valence-corrected chi connectivity index (χ4v) is 3.44. The number of methoxy groups -OCH3 is 1. The molecule has 0 bridgehead atoms. The number of likely N-dealkylation sites (tertiary alicyclic amines) is 1. The Balaban J connectivity index is 1.47. The summed E-state index contributed by atoms with van der Waals surface area (Å²) in [6.07, 6.45) is 3.18. The molecule has 2 N–H and O–H groups in total. The number of ether oxygens (including phenoxy) is 1. The molecular formula is C22H28N4O3. The molecule has 3 rings (SSSR count). The van der Waals surface area contributed by atoms with Crippen LogP contribution in [0.3, 0.4) is 0 Å². The molecule has 1 fully saturated rings. The molecule has 1 aromatic carbocycles. The van der Waals surface area contributed by atoms with Gasteiger partial charge in [-0.2, -0.15) is 0 Å². The summed E-state index contributed by atoms with van der Waals surface area (Å²) in [5.74, 6) is 1.07. The van der Waals surface area contributed by atoms with Crippen LogP contribution in [0.1, 0.15) is 24.0 Å². The first-order chi connectivity index (χ1) is 13.9. The first-order valence-electron chi connectivity index (χ1n) is 9.85. The molecule has 0 unspecified atom stereocenters. The molecule has 7 heteroatoms. The zero-order valence-electron chi connectivity index (χ0n) is 17.2. The van der Waals surface area contributed by atoms with Crippen molar-refractivity contribution < 1.29 is 14.3 Å². The van der Waals surface area contributed by atoms with Crippen molar-refractivity contribution in [2.24, 2.45) is 5.92 Å². The lowest BCUT2D eigenvalue weighted by atomic mass is 9.96. The Labute approximate surface area is 171 Å². The second kappa shape index (κ2) is 9.52. The number of benzene rings is 1. The maximum atomic E-state index is 12.5. The maximum absolute atomic E-state index is 12.5. The Morgan fingerprint density at radius 3 is 2.48 bits per heavy atom. The van der Waals surface area contributed by atoms with Gasteiger partial charge < -0.3 is 15.4 Å². The van der Waals surface area contributed by atoms with Gasteiger partial charge in [-0.3, -0.25) is 14.5 Å². The summed E-state index contributed by atoms with van der Waals surface area (Å²) < 4.78 is 5.31. The summed E-state index contributed by atoms with van der Waals surface area (Å²) in [5, 5.41) is 5.81.